The molecule has 0 fully saturated rings. The second kappa shape index (κ2) is 6.15. The second-order valence-electron chi connectivity index (χ2n) is 8.46. The number of benzene rings is 2. The highest BCUT2D eigenvalue weighted by Crippen LogP contribution is 2.42. The molecule has 0 saturated heterocycles. The Morgan fingerprint density at radius 3 is 2.20 bits per heavy atom. The van der Waals surface area contributed by atoms with E-state index in [0.29, 0.717) is 4.15 Å². The van der Waals surface area contributed by atoms with Gasteiger partial charge in [0.25, 0.3) is 0 Å². The minimum absolute atomic E-state index is 0.0258. The van der Waals surface area contributed by atoms with Crippen molar-refractivity contribution >= 4 is 14.9 Å². The van der Waals surface area contributed by atoms with Crippen LogP contribution in [0, 0.1) is 0 Å². The maximum atomic E-state index is 13.7. The summed E-state index contributed by atoms with van der Waals surface area (Å²) in [6, 6.07) is 16.9. The first-order chi connectivity index (χ1) is 11.6. The summed E-state index contributed by atoms with van der Waals surface area (Å²) in [7, 11) is 2.27. The zero-order chi connectivity index (χ0) is 18.4. The average Bonchev–Trinajstić information content (AvgIpc) is 2.89. The minimum Gasteiger partial charge on any atom is -0.328 e. The van der Waals surface area contributed by atoms with Crippen LogP contribution in [-0.4, -0.2) is 32.6 Å². The van der Waals surface area contributed by atoms with Crippen LogP contribution in [-0.2, 0) is 4.46 Å². The van der Waals surface area contributed by atoms with E-state index in [0.717, 1.165) is 0 Å². The van der Waals surface area contributed by atoms with Crippen LogP contribution < -0.4 is 0 Å². The highest BCUT2D eigenvalue weighted by atomic mass is 28.3. The lowest BCUT2D eigenvalue weighted by molar-refractivity contribution is -0.838. The standard InChI is InChI=1S/C22H28NOSi/c1-16-15-20-18(17-11-8-7-9-12-17)13-10-14-19(20)21(16)25(24)23(5,6)22(2,3)4/h7-15,21H,1-6H3/q+1. The lowest BCUT2D eigenvalue weighted by Gasteiger charge is -2.42. The number of allylic oxidation sites excluding steroid dienone is 1. The molecule has 3 heteroatoms. The summed E-state index contributed by atoms with van der Waals surface area (Å²) in [4.78, 5) is 0. The molecule has 1 aliphatic carbocycles. The molecule has 1 aliphatic rings. The fourth-order valence-electron chi connectivity index (χ4n) is 3.40. The molecule has 0 aliphatic heterocycles. The quantitative estimate of drug-likeness (QED) is 0.697. The highest BCUT2D eigenvalue weighted by Gasteiger charge is 2.48. The molecule has 0 aromatic heterocycles. The molecule has 0 amide bonds. The van der Waals surface area contributed by atoms with Gasteiger partial charge in [0.15, 0.2) is 0 Å². The van der Waals surface area contributed by atoms with Crippen LogP contribution in [0.1, 0.15) is 44.4 Å². The second-order valence-corrected chi connectivity index (χ2v) is 10.8. The number of fused-ring (bicyclic) bond motifs is 1. The first-order valence-electron chi connectivity index (χ1n) is 8.89. The normalized spacial score (nSPS) is 17.2. The molecule has 0 N–H and O–H groups in total. The van der Waals surface area contributed by atoms with Gasteiger partial charge >= 0.3 is 8.84 Å². The summed E-state index contributed by atoms with van der Waals surface area (Å²) in [6.07, 6.45) is 2.24. The van der Waals surface area contributed by atoms with Gasteiger partial charge in [0.2, 0.25) is 0 Å². The molecule has 0 bridgehead atoms. The van der Waals surface area contributed by atoms with Crippen molar-refractivity contribution in [2.75, 3.05) is 14.1 Å². The Bertz CT molecular complexity index is 844. The van der Waals surface area contributed by atoms with Gasteiger partial charge in [-0.1, -0.05) is 60.2 Å². The topological polar surface area (TPSA) is 17.1 Å². The lowest BCUT2D eigenvalue weighted by Crippen LogP contribution is -2.61. The van der Waals surface area contributed by atoms with Crippen molar-refractivity contribution in [1.82, 2.24) is 0 Å². The van der Waals surface area contributed by atoms with Crippen LogP contribution in [0.15, 0.2) is 54.1 Å². The van der Waals surface area contributed by atoms with Gasteiger partial charge in [-0.2, -0.15) is 0 Å². The van der Waals surface area contributed by atoms with Crippen molar-refractivity contribution in [2.45, 2.75) is 38.8 Å². The summed E-state index contributed by atoms with van der Waals surface area (Å²) in [6.45, 7) is 8.64. The number of hydrogen-bond donors (Lipinski definition) is 0. The largest absolute Gasteiger partial charge is 0.565 e. The van der Waals surface area contributed by atoms with Crippen LogP contribution in [0.4, 0.5) is 0 Å². The fourth-order valence-corrected chi connectivity index (χ4v) is 5.70. The number of quaternary nitrogens is 1. The van der Waals surface area contributed by atoms with Gasteiger partial charge in [-0.15, -0.1) is 0 Å². The predicted octanol–water partition coefficient (Wildman–Crippen LogP) is 5.19. The lowest BCUT2D eigenvalue weighted by atomic mass is 9.97. The number of nitrogens with zero attached hydrogens (tertiary/aromatic N) is 1. The van der Waals surface area contributed by atoms with E-state index >= 15 is 0 Å². The molecule has 0 spiro atoms. The Hall–Kier alpha value is -1.84. The van der Waals surface area contributed by atoms with Crippen molar-refractivity contribution in [3.8, 4) is 11.1 Å². The molecule has 0 saturated carbocycles. The van der Waals surface area contributed by atoms with E-state index in [-0.39, 0.29) is 11.1 Å². The average molecular weight is 351 g/mol. The third-order valence-electron chi connectivity index (χ3n) is 5.84. The van der Waals surface area contributed by atoms with Crippen LogP contribution in [0.25, 0.3) is 17.2 Å². The highest BCUT2D eigenvalue weighted by molar-refractivity contribution is 6.38. The van der Waals surface area contributed by atoms with E-state index in [2.05, 4.69) is 90.3 Å². The van der Waals surface area contributed by atoms with Crippen molar-refractivity contribution in [3.05, 3.63) is 65.2 Å². The molecular weight excluding hydrogens is 322 g/mol. The van der Waals surface area contributed by atoms with Gasteiger partial charge < -0.3 is 8.61 Å². The van der Waals surface area contributed by atoms with Crippen LogP contribution in [0.5, 0.6) is 0 Å². The molecule has 2 aromatic rings. The molecule has 1 unspecified atom stereocenters. The van der Waals surface area contributed by atoms with E-state index in [4.69, 9.17) is 0 Å². The Morgan fingerprint density at radius 1 is 0.960 bits per heavy atom. The van der Waals surface area contributed by atoms with Gasteiger partial charge in [0.05, 0.1) is 19.6 Å². The zero-order valence-electron chi connectivity index (χ0n) is 16.1. The van der Waals surface area contributed by atoms with Gasteiger partial charge in [-0.3, -0.25) is 0 Å². The van der Waals surface area contributed by atoms with Gasteiger partial charge in [-0.05, 0) is 49.9 Å². The van der Waals surface area contributed by atoms with Crippen LogP contribution in [0.3, 0.4) is 0 Å². The van der Waals surface area contributed by atoms with E-state index in [1.165, 1.54) is 27.8 Å². The minimum atomic E-state index is -1.94. The zero-order valence-corrected chi connectivity index (χ0v) is 17.1. The van der Waals surface area contributed by atoms with Crippen molar-refractivity contribution in [3.63, 3.8) is 0 Å². The van der Waals surface area contributed by atoms with E-state index in [1.54, 1.807) is 0 Å². The van der Waals surface area contributed by atoms with Gasteiger partial charge in [0, 0.05) is 0 Å². The summed E-state index contributed by atoms with van der Waals surface area (Å²) >= 11 is 0. The Balaban J connectivity index is 2.10. The van der Waals surface area contributed by atoms with Gasteiger partial charge in [0.1, 0.15) is 5.54 Å². The summed E-state index contributed by atoms with van der Waals surface area (Å²) < 4.78 is 14.2. The number of hydrogen-bond acceptors (Lipinski definition) is 1. The molecule has 25 heavy (non-hydrogen) atoms. The Morgan fingerprint density at radius 2 is 1.60 bits per heavy atom. The predicted molar refractivity (Wildman–Crippen MR) is 107 cm³/mol. The third kappa shape index (κ3) is 2.96. The van der Waals surface area contributed by atoms with Gasteiger partial charge in [-0.25, -0.2) is 0 Å². The molecule has 2 nitrogen and oxygen atoms in total. The monoisotopic (exact) mass is 350 g/mol. The maximum absolute atomic E-state index is 13.7. The molecular formula is C22H28NOSi+. The third-order valence-corrected chi connectivity index (χ3v) is 8.87. The SMILES string of the molecule is CC1=Cc2c(-c3ccccc3)cccc2C1[Si](=O)[N+](C)(C)C(C)(C)C. The van der Waals surface area contributed by atoms with Crippen molar-refractivity contribution in [1.29, 1.82) is 0 Å². The molecule has 3 rings (SSSR count). The Kier molecular flexibility index (Phi) is 4.42. The summed E-state index contributed by atoms with van der Waals surface area (Å²) in [5.41, 5.74) is 6.09. The maximum Gasteiger partial charge on any atom is 0.565 e. The van der Waals surface area contributed by atoms with Crippen molar-refractivity contribution < 1.29 is 8.61 Å². The van der Waals surface area contributed by atoms with Crippen LogP contribution in [0.2, 0.25) is 0 Å². The first-order valence-corrected chi connectivity index (χ1v) is 10.3. The van der Waals surface area contributed by atoms with E-state index in [9.17, 15) is 4.46 Å². The molecule has 130 valence electrons. The summed E-state index contributed by atoms with van der Waals surface area (Å²) in [5, 5.41) is 0. The molecule has 0 radical (unpaired) electrons. The number of rotatable bonds is 3. The van der Waals surface area contributed by atoms with Crippen molar-refractivity contribution in [2.24, 2.45) is 0 Å². The fraction of sp³-hybridized carbons (Fsp3) is 0.364. The summed E-state index contributed by atoms with van der Waals surface area (Å²) in [5.74, 6) is 0. The first kappa shape index (κ1) is 18.0. The smallest absolute Gasteiger partial charge is 0.328 e. The molecule has 1 atom stereocenters. The van der Waals surface area contributed by atoms with E-state index in [1.807, 2.05) is 6.07 Å². The Labute approximate surface area is 153 Å². The molecule has 0 heterocycles. The molecule has 2 aromatic carbocycles. The van der Waals surface area contributed by atoms with E-state index < -0.39 is 8.84 Å². The van der Waals surface area contributed by atoms with Crippen LogP contribution >= 0.6 is 0 Å².